The second kappa shape index (κ2) is 12.7. The van der Waals surface area contributed by atoms with E-state index in [1.54, 1.807) is 6.33 Å². The van der Waals surface area contributed by atoms with Gasteiger partial charge in [0.05, 0.1) is 12.3 Å². The highest BCUT2D eigenvalue weighted by molar-refractivity contribution is 5.69. The zero-order valence-corrected chi connectivity index (χ0v) is 19.1. The molecule has 164 valence electrons. The summed E-state index contributed by atoms with van der Waals surface area (Å²) < 4.78 is 6.18. The van der Waals surface area contributed by atoms with Gasteiger partial charge in [0.2, 0.25) is 0 Å². The molecule has 1 aromatic carbocycles. The molecule has 30 heavy (non-hydrogen) atoms. The predicted octanol–water partition coefficient (Wildman–Crippen LogP) is 7.64. The van der Waals surface area contributed by atoms with Gasteiger partial charge in [-0.3, -0.25) is 0 Å². The topological polar surface area (TPSA) is 35.0 Å². The minimum absolute atomic E-state index is 0.780. The Morgan fingerprint density at radius 3 is 2.50 bits per heavy atom. The van der Waals surface area contributed by atoms with Gasteiger partial charge in [-0.25, -0.2) is 9.97 Å². The van der Waals surface area contributed by atoms with E-state index in [1.165, 1.54) is 69.8 Å². The van der Waals surface area contributed by atoms with E-state index in [4.69, 9.17) is 4.74 Å². The van der Waals surface area contributed by atoms with E-state index in [9.17, 15) is 0 Å². The first-order valence-corrected chi connectivity index (χ1v) is 12.3. The van der Waals surface area contributed by atoms with E-state index in [0.717, 1.165) is 48.3 Å². The Kier molecular flexibility index (Phi) is 9.66. The molecule has 0 saturated heterocycles. The van der Waals surface area contributed by atoms with Crippen molar-refractivity contribution < 1.29 is 4.74 Å². The van der Waals surface area contributed by atoms with Gasteiger partial charge in [0.1, 0.15) is 12.1 Å². The maximum absolute atomic E-state index is 6.18. The summed E-state index contributed by atoms with van der Waals surface area (Å²) in [5.74, 6) is 2.77. The third-order valence-electron chi connectivity index (χ3n) is 6.80. The zero-order valence-electron chi connectivity index (χ0n) is 19.1. The SMILES string of the molecule is CCCCCCCOc1ccccc1-c1ncncc1CCC1CCC(CC)CC1. The summed E-state index contributed by atoms with van der Waals surface area (Å²) in [4.78, 5) is 9.02. The van der Waals surface area contributed by atoms with Crippen molar-refractivity contribution in [1.29, 1.82) is 0 Å². The van der Waals surface area contributed by atoms with Crippen molar-refractivity contribution in [2.75, 3.05) is 6.61 Å². The van der Waals surface area contributed by atoms with E-state index in [2.05, 4.69) is 48.1 Å². The lowest BCUT2D eigenvalue weighted by molar-refractivity contribution is 0.259. The standard InChI is InChI=1S/C27H40N2O/c1-3-5-6-7-10-19-30-26-12-9-8-11-25(26)27-24(20-28-21-29-27)18-17-23-15-13-22(4-2)14-16-23/h8-9,11-12,20-23H,3-7,10,13-19H2,1-2H3. The summed E-state index contributed by atoms with van der Waals surface area (Å²) in [5.41, 5.74) is 3.42. The second-order valence-electron chi connectivity index (χ2n) is 8.99. The second-order valence-corrected chi connectivity index (χ2v) is 8.99. The van der Waals surface area contributed by atoms with Crippen LogP contribution in [0.25, 0.3) is 11.3 Å². The van der Waals surface area contributed by atoms with Gasteiger partial charge in [-0.1, -0.05) is 83.8 Å². The van der Waals surface area contributed by atoms with Gasteiger partial charge in [-0.05, 0) is 48.8 Å². The van der Waals surface area contributed by atoms with Crippen LogP contribution in [0, 0.1) is 11.8 Å². The molecule has 1 heterocycles. The van der Waals surface area contributed by atoms with E-state index in [-0.39, 0.29) is 0 Å². The molecular weight excluding hydrogens is 368 g/mol. The molecule has 1 aliphatic carbocycles. The number of ether oxygens (including phenoxy) is 1. The minimum Gasteiger partial charge on any atom is -0.493 e. The highest BCUT2D eigenvalue weighted by atomic mass is 16.5. The number of nitrogens with zero attached hydrogens (tertiary/aromatic N) is 2. The third-order valence-corrected chi connectivity index (χ3v) is 6.80. The van der Waals surface area contributed by atoms with Crippen LogP contribution in [0.4, 0.5) is 0 Å². The lowest BCUT2D eigenvalue weighted by Crippen LogP contribution is -2.14. The molecule has 0 bridgehead atoms. The van der Waals surface area contributed by atoms with E-state index in [1.807, 2.05) is 6.20 Å². The van der Waals surface area contributed by atoms with Crippen molar-refractivity contribution >= 4 is 0 Å². The highest BCUT2D eigenvalue weighted by Crippen LogP contribution is 2.35. The predicted molar refractivity (Wildman–Crippen MR) is 126 cm³/mol. The van der Waals surface area contributed by atoms with Crippen molar-refractivity contribution in [2.45, 2.75) is 90.9 Å². The van der Waals surface area contributed by atoms with Crippen LogP contribution in [-0.4, -0.2) is 16.6 Å². The smallest absolute Gasteiger partial charge is 0.128 e. The van der Waals surface area contributed by atoms with Crippen LogP contribution in [0.2, 0.25) is 0 Å². The quantitative estimate of drug-likeness (QED) is 0.338. The molecular formula is C27H40N2O. The monoisotopic (exact) mass is 408 g/mol. The molecule has 0 radical (unpaired) electrons. The lowest BCUT2D eigenvalue weighted by Gasteiger charge is -2.27. The first-order chi connectivity index (χ1) is 14.8. The molecule has 0 N–H and O–H groups in total. The van der Waals surface area contributed by atoms with Crippen LogP contribution in [0.3, 0.4) is 0 Å². The summed E-state index contributed by atoms with van der Waals surface area (Å²) in [6.45, 7) is 5.37. The molecule has 0 spiro atoms. The van der Waals surface area contributed by atoms with Gasteiger partial charge >= 0.3 is 0 Å². The molecule has 3 rings (SSSR count). The zero-order chi connectivity index (χ0) is 21.0. The maximum Gasteiger partial charge on any atom is 0.128 e. The van der Waals surface area contributed by atoms with Gasteiger partial charge in [-0.15, -0.1) is 0 Å². The van der Waals surface area contributed by atoms with E-state index in [0.29, 0.717) is 0 Å². The van der Waals surface area contributed by atoms with Gasteiger partial charge in [-0.2, -0.15) is 0 Å². The molecule has 3 heteroatoms. The Morgan fingerprint density at radius 1 is 0.933 bits per heavy atom. The summed E-state index contributed by atoms with van der Waals surface area (Å²) in [5, 5.41) is 0. The summed E-state index contributed by atoms with van der Waals surface area (Å²) in [6, 6.07) is 8.37. The maximum atomic E-state index is 6.18. The summed E-state index contributed by atoms with van der Waals surface area (Å²) in [7, 11) is 0. The summed E-state index contributed by atoms with van der Waals surface area (Å²) in [6.07, 6.45) is 19.2. The van der Waals surface area contributed by atoms with E-state index >= 15 is 0 Å². The normalized spacial score (nSPS) is 19.0. The number of aryl methyl sites for hydroxylation is 1. The Labute approximate surface area is 183 Å². The van der Waals surface area contributed by atoms with Gasteiger partial charge in [0, 0.05) is 11.8 Å². The molecule has 2 aromatic rings. The molecule has 1 saturated carbocycles. The fourth-order valence-corrected chi connectivity index (χ4v) is 4.75. The number of benzene rings is 1. The van der Waals surface area contributed by atoms with Crippen molar-refractivity contribution in [3.8, 4) is 17.0 Å². The Morgan fingerprint density at radius 2 is 1.70 bits per heavy atom. The minimum atomic E-state index is 0.780. The number of unbranched alkanes of at least 4 members (excludes halogenated alkanes) is 4. The van der Waals surface area contributed by atoms with Crippen LogP contribution in [0.15, 0.2) is 36.8 Å². The fraction of sp³-hybridized carbons (Fsp3) is 0.630. The summed E-state index contributed by atoms with van der Waals surface area (Å²) >= 11 is 0. The number of hydrogen-bond donors (Lipinski definition) is 0. The van der Waals surface area contributed by atoms with Gasteiger partial charge in [0.15, 0.2) is 0 Å². The molecule has 1 aliphatic rings. The molecule has 1 aromatic heterocycles. The van der Waals surface area contributed by atoms with Crippen molar-refractivity contribution in [2.24, 2.45) is 11.8 Å². The fourth-order valence-electron chi connectivity index (χ4n) is 4.75. The van der Waals surface area contributed by atoms with Crippen LogP contribution in [0.1, 0.15) is 90.0 Å². The number of rotatable bonds is 12. The van der Waals surface area contributed by atoms with Crippen molar-refractivity contribution in [1.82, 2.24) is 9.97 Å². The Balaban J connectivity index is 1.61. The molecule has 0 amide bonds. The van der Waals surface area contributed by atoms with E-state index < -0.39 is 0 Å². The average Bonchev–Trinajstić information content (AvgIpc) is 2.81. The molecule has 0 unspecified atom stereocenters. The van der Waals surface area contributed by atoms with Crippen LogP contribution in [0.5, 0.6) is 5.75 Å². The largest absolute Gasteiger partial charge is 0.493 e. The lowest BCUT2D eigenvalue weighted by atomic mass is 9.78. The van der Waals surface area contributed by atoms with Gasteiger partial charge in [0.25, 0.3) is 0 Å². The van der Waals surface area contributed by atoms with Gasteiger partial charge < -0.3 is 4.74 Å². The highest BCUT2D eigenvalue weighted by Gasteiger charge is 2.20. The Hall–Kier alpha value is -1.90. The number of para-hydroxylation sites is 1. The molecule has 1 fully saturated rings. The Bertz CT molecular complexity index is 737. The third kappa shape index (κ3) is 6.82. The first-order valence-electron chi connectivity index (χ1n) is 12.3. The van der Waals surface area contributed by atoms with Crippen molar-refractivity contribution in [3.05, 3.63) is 42.4 Å². The van der Waals surface area contributed by atoms with Crippen molar-refractivity contribution in [3.63, 3.8) is 0 Å². The average molecular weight is 409 g/mol. The molecule has 0 atom stereocenters. The molecule has 3 nitrogen and oxygen atoms in total. The van der Waals surface area contributed by atoms with Crippen LogP contribution in [-0.2, 0) is 6.42 Å². The van der Waals surface area contributed by atoms with Crippen LogP contribution >= 0.6 is 0 Å². The number of aromatic nitrogens is 2. The van der Waals surface area contributed by atoms with Crippen LogP contribution < -0.4 is 4.74 Å². The molecule has 0 aliphatic heterocycles. The first kappa shape index (κ1) is 22.8. The number of hydrogen-bond acceptors (Lipinski definition) is 3.